The maximum absolute atomic E-state index is 12.1. The van der Waals surface area contributed by atoms with Gasteiger partial charge in [0.05, 0.1) is 11.9 Å². The van der Waals surface area contributed by atoms with Crippen LogP contribution in [0.15, 0.2) is 17.3 Å². The monoisotopic (exact) mass is 435 g/mol. The zero-order chi connectivity index (χ0) is 22.2. The summed E-state index contributed by atoms with van der Waals surface area (Å²) < 4.78 is 0. The average molecular weight is 436 g/mol. The number of piperidine rings is 3. The summed E-state index contributed by atoms with van der Waals surface area (Å²) in [6.45, 7) is 7.38. The van der Waals surface area contributed by atoms with Crippen LogP contribution in [-0.4, -0.2) is 62.8 Å². The third kappa shape index (κ3) is 4.25. The van der Waals surface area contributed by atoms with E-state index in [4.69, 9.17) is 0 Å². The van der Waals surface area contributed by atoms with Crippen molar-refractivity contribution in [2.45, 2.75) is 39.2 Å². The molecule has 4 aliphatic heterocycles. The molecule has 9 nitrogen and oxygen atoms in total. The SMILES string of the molecule is CC(C)CC(=O)Nc1cnc2c(c1)C(=Cc1[nH]c(NC3CN4CCC3CC4)nc1O)C=N2. The summed E-state index contributed by atoms with van der Waals surface area (Å²) in [5.74, 6) is 2.00. The quantitative estimate of drug-likeness (QED) is 0.553. The van der Waals surface area contributed by atoms with E-state index >= 15 is 0 Å². The number of carbonyl (C=O) groups is 1. The summed E-state index contributed by atoms with van der Waals surface area (Å²) in [5, 5.41) is 16.8. The molecule has 0 saturated carbocycles. The number of hydrogen-bond acceptors (Lipinski definition) is 7. The Hall–Kier alpha value is -3.20. The van der Waals surface area contributed by atoms with Crippen LogP contribution in [0.3, 0.4) is 0 Å². The van der Waals surface area contributed by atoms with Crippen LogP contribution in [0.5, 0.6) is 5.88 Å². The first-order valence-corrected chi connectivity index (χ1v) is 11.3. The maximum atomic E-state index is 12.1. The summed E-state index contributed by atoms with van der Waals surface area (Å²) in [7, 11) is 0. The second-order valence-electron chi connectivity index (χ2n) is 9.31. The number of nitrogens with zero attached hydrogens (tertiary/aromatic N) is 4. The third-order valence-corrected chi connectivity index (χ3v) is 6.37. The summed E-state index contributed by atoms with van der Waals surface area (Å²) >= 11 is 0. The van der Waals surface area contributed by atoms with Gasteiger partial charge in [0.1, 0.15) is 5.69 Å². The Balaban J connectivity index is 1.33. The molecule has 3 fully saturated rings. The van der Waals surface area contributed by atoms with Gasteiger partial charge >= 0.3 is 0 Å². The largest absolute Gasteiger partial charge is 0.492 e. The molecule has 1 atom stereocenters. The number of carbonyl (C=O) groups excluding carboxylic acids is 1. The molecule has 3 saturated heterocycles. The smallest absolute Gasteiger partial charge is 0.238 e. The highest BCUT2D eigenvalue weighted by atomic mass is 16.3. The summed E-state index contributed by atoms with van der Waals surface area (Å²) in [6, 6.07) is 2.21. The van der Waals surface area contributed by atoms with Gasteiger partial charge < -0.3 is 25.6 Å². The number of hydrogen-bond donors (Lipinski definition) is 4. The molecule has 0 aliphatic carbocycles. The van der Waals surface area contributed by atoms with E-state index in [1.165, 1.54) is 25.9 Å². The molecule has 9 heteroatoms. The summed E-state index contributed by atoms with van der Waals surface area (Å²) in [4.78, 5) is 30.8. The molecule has 2 aromatic heterocycles. The number of fused-ring (bicyclic) bond motifs is 4. The van der Waals surface area contributed by atoms with Gasteiger partial charge in [-0.05, 0) is 49.9 Å². The number of aromatic amines is 1. The highest BCUT2D eigenvalue weighted by Gasteiger charge is 2.34. The van der Waals surface area contributed by atoms with Crippen molar-refractivity contribution < 1.29 is 9.90 Å². The minimum atomic E-state index is -0.0579. The van der Waals surface area contributed by atoms with Crippen LogP contribution in [0.4, 0.5) is 17.5 Å². The van der Waals surface area contributed by atoms with Crippen LogP contribution < -0.4 is 10.6 Å². The molecule has 4 aliphatic rings. The standard InChI is InChI=1S/C23H29N7O2/c1-13(2)7-20(31)26-16-9-17-15(10-24-21(17)25-11-16)8-18-22(32)29-23(27-18)28-19-12-30-5-3-14(19)4-6-30/h8-11,13-14,19,32H,3-7,12H2,1-2H3,(H,26,31)(H2,27,28,29). The lowest BCUT2D eigenvalue weighted by atomic mass is 9.84. The molecule has 2 aromatic rings. The molecule has 6 rings (SSSR count). The number of H-pyrrole nitrogens is 1. The molecule has 6 heterocycles. The molecular weight excluding hydrogens is 406 g/mol. The number of imidazole rings is 1. The number of aromatic nitrogens is 3. The Morgan fingerprint density at radius 1 is 1.38 bits per heavy atom. The number of aromatic hydroxyl groups is 1. The van der Waals surface area contributed by atoms with Gasteiger partial charge in [0.15, 0.2) is 5.82 Å². The van der Waals surface area contributed by atoms with E-state index in [2.05, 4.69) is 35.5 Å². The fourth-order valence-corrected chi connectivity index (χ4v) is 4.75. The predicted octanol–water partition coefficient (Wildman–Crippen LogP) is 3.26. The molecule has 0 radical (unpaired) electrons. The van der Waals surface area contributed by atoms with Gasteiger partial charge in [-0.1, -0.05) is 13.8 Å². The Morgan fingerprint density at radius 3 is 2.91 bits per heavy atom. The second-order valence-corrected chi connectivity index (χ2v) is 9.31. The fourth-order valence-electron chi connectivity index (χ4n) is 4.75. The number of amides is 1. The van der Waals surface area contributed by atoms with E-state index < -0.39 is 0 Å². The van der Waals surface area contributed by atoms with Gasteiger partial charge in [0.2, 0.25) is 17.7 Å². The highest BCUT2D eigenvalue weighted by Crippen LogP contribution is 2.34. The number of rotatable bonds is 6. The highest BCUT2D eigenvalue weighted by molar-refractivity contribution is 6.21. The number of nitrogens with one attached hydrogen (secondary N) is 3. The topological polar surface area (TPSA) is 119 Å². The average Bonchev–Trinajstić information content (AvgIpc) is 3.31. The predicted molar refractivity (Wildman–Crippen MR) is 125 cm³/mol. The van der Waals surface area contributed by atoms with E-state index in [0.29, 0.717) is 41.5 Å². The van der Waals surface area contributed by atoms with Crippen LogP contribution in [-0.2, 0) is 4.79 Å². The molecule has 4 N–H and O–H groups in total. The van der Waals surface area contributed by atoms with Gasteiger partial charge in [0, 0.05) is 36.4 Å². The van der Waals surface area contributed by atoms with Crippen LogP contribution in [0.2, 0.25) is 0 Å². The number of allylic oxidation sites excluding steroid dienone is 1. The van der Waals surface area contributed by atoms with Gasteiger partial charge in [-0.25, -0.2) is 9.98 Å². The Kier molecular flexibility index (Phi) is 5.42. The van der Waals surface area contributed by atoms with Crippen LogP contribution in [0, 0.1) is 11.8 Å². The van der Waals surface area contributed by atoms with Crippen LogP contribution in [0.25, 0.3) is 11.6 Å². The number of pyridine rings is 1. The van der Waals surface area contributed by atoms with E-state index in [0.717, 1.165) is 17.7 Å². The summed E-state index contributed by atoms with van der Waals surface area (Å²) in [5.41, 5.74) is 2.73. The first kappa shape index (κ1) is 20.7. The second kappa shape index (κ2) is 8.38. The molecule has 1 unspecified atom stereocenters. The van der Waals surface area contributed by atoms with Crippen molar-refractivity contribution in [3.05, 3.63) is 23.5 Å². The van der Waals surface area contributed by atoms with Crippen molar-refractivity contribution in [3.8, 4) is 5.88 Å². The Morgan fingerprint density at radius 2 is 2.19 bits per heavy atom. The molecular formula is C23H29N7O2. The van der Waals surface area contributed by atoms with Gasteiger partial charge in [-0.15, -0.1) is 0 Å². The molecule has 2 bridgehead atoms. The first-order chi connectivity index (χ1) is 15.4. The van der Waals surface area contributed by atoms with Crippen molar-refractivity contribution in [2.24, 2.45) is 16.8 Å². The van der Waals surface area contributed by atoms with E-state index in [9.17, 15) is 9.90 Å². The van der Waals surface area contributed by atoms with Gasteiger partial charge in [-0.2, -0.15) is 4.98 Å². The van der Waals surface area contributed by atoms with E-state index in [-0.39, 0.29) is 17.7 Å². The maximum Gasteiger partial charge on any atom is 0.238 e. The molecule has 168 valence electrons. The van der Waals surface area contributed by atoms with Crippen molar-refractivity contribution in [1.82, 2.24) is 19.9 Å². The third-order valence-electron chi connectivity index (χ3n) is 6.37. The number of anilines is 2. The zero-order valence-corrected chi connectivity index (χ0v) is 18.4. The lowest BCUT2D eigenvalue weighted by molar-refractivity contribution is -0.116. The van der Waals surface area contributed by atoms with E-state index in [1.807, 2.05) is 19.9 Å². The van der Waals surface area contributed by atoms with Crippen molar-refractivity contribution in [2.75, 3.05) is 30.3 Å². The van der Waals surface area contributed by atoms with Crippen molar-refractivity contribution in [1.29, 1.82) is 0 Å². The molecule has 0 spiro atoms. The number of aliphatic imine (C=N–C) groups is 1. The lowest BCUT2D eigenvalue weighted by Crippen LogP contribution is -2.53. The minimum absolute atomic E-state index is 0.0409. The van der Waals surface area contributed by atoms with E-state index in [1.54, 1.807) is 18.5 Å². The molecule has 0 aromatic carbocycles. The summed E-state index contributed by atoms with van der Waals surface area (Å²) in [6.07, 6.45) is 7.99. The van der Waals surface area contributed by atoms with Gasteiger partial charge in [-0.3, -0.25) is 4.79 Å². The lowest BCUT2D eigenvalue weighted by Gasteiger charge is -2.44. The van der Waals surface area contributed by atoms with Crippen LogP contribution in [0.1, 0.15) is 44.4 Å². The van der Waals surface area contributed by atoms with Crippen molar-refractivity contribution >= 4 is 41.2 Å². The van der Waals surface area contributed by atoms with Gasteiger partial charge in [0.25, 0.3) is 0 Å². The minimum Gasteiger partial charge on any atom is -0.492 e. The molecule has 1 amide bonds. The van der Waals surface area contributed by atoms with Crippen LogP contribution >= 0.6 is 0 Å². The Labute approximate surface area is 187 Å². The molecule has 32 heavy (non-hydrogen) atoms. The zero-order valence-electron chi connectivity index (χ0n) is 18.4. The normalized spacial score (nSPS) is 24.8. The fraction of sp³-hybridized carbons (Fsp3) is 0.478. The Bertz CT molecular complexity index is 1080. The first-order valence-electron chi connectivity index (χ1n) is 11.3. The van der Waals surface area contributed by atoms with Crippen molar-refractivity contribution in [3.63, 3.8) is 0 Å².